The fourth-order valence-electron chi connectivity index (χ4n) is 2.93. The van der Waals surface area contributed by atoms with Crippen LogP contribution in [0.4, 0.5) is 18.9 Å². The molecule has 2 rings (SSSR count). The van der Waals surface area contributed by atoms with Gasteiger partial charge in [0.15, 0.2) is 11.5 Å². The fraction of sp³-hybridized carbons (Fsp3) is 0.375. The van der Waals surface area contributed by atoms with Gasteiger partial charge in [0.05, 0.1) is 25.5 Å². The number of nitrogens with zero attached hydrogens (tertiary/aromatic N) is 1. The number of benzene rings is 2. The van der Waals surface area contributed by atoms with E-state index in [1.807, 2.05) is 0 Å². The number of hydrazone groups is 1. The minimum Gasteiger partial charge on any atom is -0.493 e. The minimum atomic E-state index is -4.51. The Bertz CT molecular complexity index is 994. The number of hydrogen-bond donors (Lipinski definition) is 2. The van der Waals surface area contributed by atoms with Crippen LogP contribution >= 0.6 is 0 Å². The van der Waals surface area contributed by atoms with E-state index >= 15 is 0 Å². The van der Waals surface area contributed by atoms with Gasteiger partial charge in [-0.05, 0) is 36.8 Å². The van der Waals surface area contributed by atoms with E-state index in [2.05, 4.69) is 22.8 Å². The van der Waals surface area contributed by atoms with Crippen LogP contribution in [-0.2, 0) is 15.8 Å². The third-order valence-electron chi connectivity index (χ3n) is 4.67. The fourth-order valence-corrected chi connectivity index (χ4v) is 2.93. The van der Waals surface area contributed by atoms with Gasteiger partial charge in [-0.15, -0.1) is 0 Å². The lowest BCUT2D eigenvalue weighted by molar-refractivity contribution is -0.137. The Kier molecular flexibility index (Phi) is 10.4. The van der Waals surface area contributed by atoms with Gasteiger partial charge in [0.25, 0.3) is 0 Å². The molecule has 10 heteroatoms. The molecule has 0 fully saturated rings. The van der Waals surface area contributed by atoms with Crippen molar-refractivity contribution in [3.8, 4) is 11.5 Å². The first kappa shape index (κ1) is 26.7. The third-order valence-corrected chi connectivity index (χ3v) is 4.67. The monoisotopic (exact) mass is 479 g/mol. The largest absolute Gasteiger partial charge is 0.493 e. The second-order valence-corrected chi connectivity index (χ2v) is 7.35. The second kappa shape index (κ2) is 13.2. The van der Waals surface area contributed by atoms with Crippen molar-refractivity contribution in [2.24, 2.45) is 5.10 Å². The Hall–Kier alpha value is -3.56. The summed E-state index contributed by atoms with van der Waals surface area (Å²) in [5.41, 5.74) is 2.07. The van der Waals surface area contributed by atoms with E-state index in [1.54, 1.807) is 18.2 Å². The molecule has 0 spiro atoms. The maximum Gasteiger partial charge on any atom is 0.416 e. The number of para-hydroxylation sites is 1. The predicted octanol–water partition coefficient (Wildman–Crippen LogP) is 5.15. The summed E-state index contributed by atoms with van der Waals surface area (Å²) in [6, 6.07) is 9.56. The zero-order chi connectivity index (χ0) is 25.0. The molecule has 7 nitrogen and oxygen atoms in total. The molecular formula is C24H28F3N3O4. The summed E-state index contributed by atoms with van der Waals surface area (Å²) in [5.74, 6) is -0.0598. The van der Waals surface area contributed by atoms with Crippen LogP contribution in [-0.4, -0.2) is 31.7 Å². The molecule has 0 unspecified atom stereocenters. The molecule has 0 saturated carbocycles. The normalized spacial score (nSPS) is 11.3. The molecule has 0 saturated heterocycles. The van der Waals surface area contributed by atoms with E-state index in [0.717, 1.165) is 31.4 Å². The second-order valence-electron chi connectivity index (χ2n) is 7.35. The van der Waals surface area contributed by atoms with Crippen LogP contribution in [0.3, 0.4) is 0 Å². The van der Waals surface area contributed by atoms with Crippen LogP contribution in [0.15, 0.2) is 47.6 Å². The first-order valence-electron chi connectivity index (χ1n) is 10.8. The van der Waals surface area contributed by atoms with Crippen molar-refractivity contribution in [1.29, 1.82) is 0 Å². The molecule has 0 bridgehead atoms. The van der Waals surface area contributed by atoms with Gasteiger partial charge in [-0.1, -0.05) is 31.9 Å². The highest BCUT2D eigenvalue weighted by Gasteiger charge is 2.30. The van der Waals surface area contributed by atoms with Crippen LogP contribution in [0.2, 0.25) is 0 Å². The van der Waals surface area contributed by atoms with Gasteiger partial charge >= 0.3 is 6.18 Å². The van der Waals surface area contributed by atoms with Crippen molar-refractivity contribution in [3.05, 3.63) is 53.6 Å². The summed E-state index contributed by atoms with van der Waals surface area (Å²) in [4.78, 5) is 24.0. The molecule has 0 aliphatic heterocycles. The first-order chi connectivity index (χ1) is 16.2. The quantitative estimate of drug-likeness (QED) is 0.250. The van der Waals surface area contributed by atoms with Crippen molar-refractivity contribution in [3.63, 3.8) is 0 Å². The van der Waals surface area contributed by atoms with Gasteiger partial charge in [0.1, 0.15) is 0 Å². The lowest BCUT2D eigenvalue weighted by Crippen LogP contribution is -2.21. The molecule has 0 aromatic heterocycles. The third kappa shape index (κ3) is 8.76. The van der Waals surface area contributed by atoms with Crippen LogP contribution in [0, 0.1) is 0 Å². The molecule has 34 heavy (non-hydrogen) atoms. The van der Waals surface area contributed by atoms with E-state index in [9.17, 15) is 22.8 Å². The number of unbranched alkanes of at least 4 members (excludes halogenated alkanes) is 2. The molecular weight excluding hydrogens is 451 g/mol. The molecule has 0 atom stereocenters. The number of alkyl halides is 3. The van der Waals surface area contributed by atoms with E-state index < -0.39 is 23.6 Å². The highest BCUT2D eigenvalue weighted by Crippen LogP contribution is 2.31. The maximum absolute atomic E-state index is 12.8. The van der Waals surface area contributed by atoms with Gasteiger partial charge in [0, 0.05) is 24.1 Å². The zero-order valence-electron chi connectivity index (χ0n) is 19.1. The van der Waals surface area contributed by atoms with Gasteiger partial charge in [-0.3, -0.25) is 9.59 Å². The van der Waals surface area contributed by atoms with E-state index in [1.165, 1.54) is 25.5 Å². The maximum atomic E-state index is 12.8. The van der Waals surface area contributed by atoms with Gasteiger partial charge in [-0.2, -0.15) is 18.3 Å². The first-order valence-corrected chi connectivity index (χ1v) is 10.8. The topological polar surface area (TPSA) is 89.0 Å². The number of amides is 2. The van der Waals surface area contributed by atoms with E-state index in [0.29, 0.717) is 23.7 Å². The SMILES string of the molecule is CCCCCOc1c(C=NNC(=O)CCC(=O)Nc2cccc(C(F)(F)F)c2)cccc1OC. The smallest absolute Gasteiger partial charge is 0.416 e. The van der Waals surface area contributed by atoms with Crippen molar-refractivity contribution in [2.75, 3.05) is 19.0 Å². The lowest BCUT2D eigenvalue weighted by Gasteiger charge is -2.13. The highest BCUT2D eigenvalue weighted by atomic mass is 19.4. The van der Waals surface area contributed by atoms with E-state index in [4.69, 9.17) is 9.47 Å². The van der Waals surface area contributed by atoms with Crippen molar-refractivity contribution < 1.29 is 32.2 Å². The van der Waals surface area contributed by atoms with Crippen LogP contribution < -0.4 is 20.2 Å². The Labute approximate surface area is 196 Å². The number of carbonyl (C=O) groups excluding carboxylic acids is 2. The molecule has 0 aliphatic carbocycles. The molecule has 2 aromatic rings. The van der Waals surface area contributed by atoms with Crippen LogP contribution in [0.25, 0.3) is 0 Å². The Morgan fingerprint density at radius 3 is 2.50 bits per heavy atom. The average molecular weight is 479 g/mol. The number of anilines is 1. The Balaban J connectivity index is 1.87. The summed E-state index contributed by atoms with van der Waals surface area (Å²) in [5, 5.41) is 6.26. The summed E-state index contributed by atoms with van der Waals surface area (Å²) >= 11 is 0. The van der Waals surface area contributed by atoms with Crippen molar-refractivity contribution in [1.82, 2.24) is 5.43 Å². The number of halogens is 3. The van der Waals surface area contributed by atoms with Gasteiger partial charge in [0.2, 0.25) is 11.8 Å². The zero-order valence-corrected chi connectivity index (χ0v) is 19.1. The van der Waals surface area contributed by atoms with Gasteiger partial charge < -0.3 is 14.8 Å². The molecule has 0 radical (unpaired) electrons. The molecule has 0 heterocycles. The summed E-state index contributed by atoms with van der Waals surface area (Å²) in [7, 11) is 1.53. The number of ether oxygens (including phenoxy) is 2. The molecule has 184 valence electrons. The Morgan fingerprint density at radius 1 is 1.06 bits per heavy atom. The van der Waals surface area contributed by atoms with Crippen molar-refractivity contribution in [2.45, 2.75) is 45.2 Å². The minimum absolute atomic E-state index is 0.00254. The molecule has 0 aliphatic rings. The molecule has 2 N–H and O–H groups in total. The molecule has 2 aromatic carbocycles. The lowest BCUT2D eigenvalue weighted by atomic mass is 10.2. The molecule has 2 amide bonds. The highest BCUT2D eigenvalue weighted by molar-refractivity contribution is 5.93. The van der Waals surface area contributed by atoms with Crippen LogP contribution in [0.1, 0.15) is 50.2 Å². The summed E-state index contributed by atoms with van der Waals surface area (Å²) < 4.78 is 49.5. The van der Waals surface area contributed by atoms with Gasteiger partial charge in [-0.25, -0.2) is 5.43 Å². The van der Waals surface area contributed by atoms with Crippen molar-refractivity contribution >= 4 is 23.7 Å². The average Bonchev–Trinajstić information content (AvgIpc) is 2.80. The summed E-state index contributed by atoms with van der Waals surface area (Å²) in [6.45, 7) is 2.61. The van der Waals surface area contributed by atoms with Crippen LogP contribution in [0.5, 0.6) is 11.5 Å². The number of nitrogens with one attached hydrogen (secondary N) is 2. The number of hydrogen-bond acceptors (Lipinski definition) is 5. The number of carbonyl (C=O) groups is 2. The Morgan fingerprint density at radius 2 is 1.79 bits per heavy atom. The van der Waals surface area contributed by atoms with E-state index in [-0.39, 0.29) is 18.5 Å². The predicted molar refractivity (Wildman–Crippen MR) is 123 cm³/mol. The summed E-state index contributed by atoms with van der Waals surface area (Å²) in [6.07, 6.45) is -0.517. The number of methoxy groups -OCH3 is 1. The standard InChI is InChI=1S/C24H28F3N3O4/c1-3-4-5-14-34-23-17(8-6-11-20(23)33-2)16-28-30-22(32)13-12-21(31)29-19-10-7-9-18(15-19)24(25,26)27/h6-11,15-16H,3-5,12-14H2,1-2H3,(H,29,31)(H,30,32). The number of rotatable bonds is 12.